The van der Waals surface area contributed by atoms with E-state index in [1.165, 1.54) is 4.68 Å². The van der Waals surface area contributed by atoms with Crippen molar-refractivity contribution in [3.63, 3.8) is 0 Å². The fraction of sp³-hybridized carbons (Fsp3) is 0.846. The van der Waals surface area contributed by atoms with Gasteiger partial charge in [0.2, 0.25) is 0 Å². The summed E-state index contributed by atoms with van der Waals surface area (Å²) in [5.74, 6) is 0.297. The SMILES string of the molecule is C[C@H](NC(=O)OC(C)(C)C)C(O)c1nnnn1C(C)(C)C. The van der Waals surface area contributed by atoms with Crippen LogP contribution >= 0.6 is 0 Å². The Bertz CT molecular complexity index is 487. The maximum absolute atomic E-state index is 11.7. The molecule has 2 N–H and O–H groups in total. The predicted molar refractivity (Wildman–Crippen MR) is 76.6 cm³/mol. The minimum atomic E-state index is -1.04. The fourth-order valence-corrected chi connectivity index (χ4v) is 1.65. The number of carbonyl (C=O) groups is 1. The second-order valence-electron chi connectivity index (χ2n) is 7.00. The van der Waals surface area contributed by atoms with E-state index in [1.54, 1.807) is 27.7 Å². The molecule has 1 amide bonds. The van der Waals surface area contributed by atoms with Crippen LogP contribution in [0, 0.1) is 0 Å². The van der Waals surface area contributed by atoms with Crippen molar-refractivity contribution in [2.45, 2.75) is 71.8 Å². The third kappa shape index (κ3) is 4.96. The molecule has 0 aliphatic rings. The molecule has 1 rings (SSSR count). The van der Waals surface area contributed by atoms with E-state index in [4.69, 9.17) is 4.74 Å². The van der Waals surface area contributed by atoms with Crippen LogP contribution < -0.4 is 5.32 Å². The van der Waals surface area contributed by atoms with Gasteiger partial charge in [-0.2, -0.15) is 0 Å². The lowest BCUT2D eigenvalue weighted by molar-refractivity contribution is 0.0419. The molecule has 0 radical (unpaired) electrons. The molecule has 1 aromatic rings. The van der Waals surface area contributed by atoms with Gasteiger partial charge in [-0.25, -0.2) is 9.48 Å². The number of amides is 1. The van der Waals surface area contributed by atoms with Crippen molar-refractivity contribution >= 4 is 6.09 Å². The molecule has 0 bridgehead atoms. The number of tetrazole rings is 1. The van der Waals surface area contributed by atoms with Gasteiger partial charge in [0.05, 0.1) is 11.6 Å². The molecule has 0 saturated carbocycles. The quantitative estimate of drug-likeness (QED) is 0.874. The number of nitrogens with one attached hydrogen (secondary N) is 1. The Morgan fingerprint density at radius 1 is 1.29 bits per heavy atom. The van der Waals surface area contributed by atoms with Crippen LogP contribution in [0.25, 0.3) is 0 Å². The topological polar surface area (TPSA) is 102 Å². The molecule has 1 unspecified atom stereocenters. The molecule has 0 saturated heterocycles. The Morgan fingerprint density at radius 3 is 2.33 bits per heavy atom. The highest BCUT2D eigenvalue weighted by Crippen LogP contribution is 2.20. The number of alkyl carbamates (subject to hydrolysis) is 1. The van der Waals surface area contributed by atoms with Crippen molar-refractivity contribution in [3.8, 4) is 0 Å². The predicted octanol–water partition coefficient (Wildman–Crippen LogP) is 1.37. The second kappa shape index (κ2) is 5.97. The van der Waals surface area contributed by atoms with Gasteiger partial charge in [-0.15, -0.1) is 5.10 Å². The first-order valence-corrected chi connectivity index (χ1v) is 6.88. The first-order valence-electron chi connectivity index (χ1n) is 6.88. The summed E-state index contributed by atoms with van der Waals surface area (Å²) in [7, 11) is 0. The molecule has 1 heterocycles. The summed E-state index contributed by atoms with van der Waals surface area (Å²) in [5, 5.41) is 24.2. The molecule has 0 fully saturated rings. The van der Waals surface area contributed by atoms with Crippen molar-refractivity contribution in [1.82, 2.24) is 25.5 Å². The summed E-state index contributed by atoms with van der Waals surface area (Å²) in [4.78, 5) is 11.7. The summed E-state index contributed by atoms with van der Waals surface area (Å²) in [6.45, 7) is 12.7. The van der Waals surface area contributed by atoms with Gasteiger partial charge >= 0.3 is 6.09 Å². The number of aliphatic hydroxyl groups excluding tert-OH is 1. The Hall–Kier alpha value is -1.70. The number of nitrogens with zero attached hydrogens (tertiary/aromatic N) is 4. The van der Waals surface area contributed by atoms with Crippen LogP contribution in [0.15, 0.2) is 0 Å². The van der Waals surface area contributed by atoms with Gasteiger partial charge in [0.15, 0.2) is 5.82 Å². The Kier molecular flexibility index (Phi) is 4.93. The zero-order valence-corrected chi connectivity index (χ0v) is 13.7. The number of ether oxygens (including phenoxy) is 1. The van der Waals surface area contributed by atoms with E-state index in [-0.39, 0.29) is 5.54 Å². The van der Waals surface area contributed by atoms with E-state index in [0.717, 1.165) is 0 Å². The standard InChI is InChI=1S/C13H25N5O3/c1-8(14-11(20)21-13(5,6)7)9(19)10-15-16-17-18(10)12(2,3)4/h8-9,19H,1-7H3,(H,14,20)/t8-,9?/m0/s1. The number of hydrogen-bond acceptors (Lipinski definition) is 6. The van der Waals surface area contributed by atoms with Gasteiger partial charge in [-0.05, 0) is 58.9 Å². The normalized spacial score (nSPS) is 15.4. The molecule has 0 aromatic carbocycles. The number of hydrogen-bond donors (Lipinski definition) is 2. The first-order chi connectivity index (χ1) is 9.42. The smallest absolute Gasteiger partial charge is 0.407 e. The third-order valence-electron chi connectivity index (χ3n) is 2.61. The van der Waals surface area contributed by atoms with Crippen LogP contribution in [0.2, 0.25) is 0 Å². The van der Waals surface area contributed by atoms with Crippen molar-refractivity contribution in [3.05, 3.63) is 5.82 Å². The number of aromatic nitrogens is 4. The van der Waals surface area contributed by atoms with Crippen LogP contribution in [0.1, 0.15) is 60.4 Å². The number of rotatable bonds is 3. The van der Waals surface area contributed by atoms with E-state index >= 15 is 0 Å². The second-order valence-corrected chi connectivity index (χ2v) is 7.00. The van der Waals surface area contributed by atoms with Gasteiger partial charge in [0, 0.05) is 0 Å². The molecular weight excluding hydrogens is 274 g/mol. The zero-order valence-electron chi connectivity index (χ0n) is 13.7. The first kappa shape index (κ1) is 17.4. The van der Waals surface area contributed by atoms with Gasteiger partial charge in [-0.3, -0.25) is 0 Å². The lowest BCUT2D eigenvalue weighted by Crippen LogP contribution is -2.42. The molecule has 0 aliphatic carbocycles. The van der Waals surface area contributed by atoms with E-state index < -0.39 is 23.8 Å². The van der Waals surface area contributed by atoms with Crippen LogP contribution in [0.3, 0.4) is 0 Å². The Labute approximate surface area is 124 Å². The van der Waals surface area contributed by atoms with Gasteiger partial charge in [0.1, 0.15) is 11.7 Å². The largest absolute Gasteiger partial charge is 0.444 e. The fourth-order valence-electron chi connectivity index (χ4n) is 1.65. The molecule has 1 aromatic heterocycles. The highest BCUT2D eigenvalue weighted by atomic mass is 16.6. The average Bonchev–Trinajstić information content (AvgIpc) is 2.73. The summed E-state index contributed by atoms with van der Waals surface area (Å²) in [6.07, 6.45) is -1.63. The van der Waals surface area contributed by atoms with Gasteiger partial charge in [0.25, 0.3) is 0 Å². The molecule has 0 aliphatic heterocycles. The van der Waals surface area contributed by atoms with Crippen molar-refractivity contribution < 1.29 is 14.6 Å². The molecule has 0 spiro atoms. The maximum Gasteiger partial charge on any atom is 0.407 e. The van der Waals surface area contributed by atoms with Crippen LogP contribution in [0.4, 0.5) is 4.79 Å². The molecule has 21 heavy (non-hydrogen) atoms. The van der Waals surface area contributed by atoms with Crippen LogP contribution in [-0.4, -0.2) is 43.0 Å². The average molecular weight is 299 g/mol. The van der Waals surface area contributed by atoms with Gasteiger partial charge < -0.3 is 15.2 Å². The number of carbonyl (C=O) groups excluding carboxylic acids is 1. The maximum atomic E-state index is 11.7. The highest BCUT2D eigenvalue weighted by Gasteiger charge is 2.29. The lowest BCUT2D eigenvalue weighted by Gasteiger charge is -2.26. The van der Waals surface area contributed by atoms with E-state index in [1.807, 2.05) is 20.8 Å². The Balaban J connectivity index is 2.78. The van der Waals surface area contributed by atoms with Crippen LogP contribution in [0.5, 0.6) is 0 Å². The molecule has 120 valence electrons. The van der Waals surface area contributed by atoms with Crippen molar-refractivity contribution in [2.75, 3.05) is 0 Å². The molecular formula is C13H25N5O3. The number of aliphatic hydroxyl groups is 1. The monoisotopic (exact) mass is 299 g/mol. The van der Waals surface area contributed by atoms with E-state index in [2.05, 4.69) is 20.8 Å². The minimum Gasteiger partial charge on any atom is -0.444 e. The van der Waals surface area contributed by atoms with Crippen molar-refractivity contribution in [2.24, 2.45) is 0 Å². The summed E-state index contributed by atoms with van der Waals surface area (Å²) in [5.41, 5.74) is -0.965. The van der Waals surface area contributed by atoms with E-state index in [0.29, 0.717) is 5.82 Å². The summed E-state index contributed by atoms with van der Waals surface area (Å²) in [6, 6.07) is -0.591. The third-order valence-corrected chi connectivity index (χ3v) is 2.61. The summed E-state index contributed by atoms with van der Waals surface area (Å²) >= 11 is 0. The zero-order chi connectivity index (χ0) is 16.4. The Morgan fingerprint density at radius 2 is 1.86 bits per heavy atom. The highest BCUT2D eigenvalue weighted by molar-refractivity contribution is 5.68. The van der Waals surface area contributed by atoms with E-state index in [9.17, 15) is 9.90 Å². The van der Waals surface area contributed by atoms with Crippen molar-refractivity contribution in [1.29, 1.82) is 0 Å². The molecule has 8 heteroatoms. The lowest BCUT2D eigenvalue weighted by atomic mass is 10.1. The molecule has 8 nitrogen and oxygen atoms in total. The van der Waals surface area contributed by atoms with Gasteiger partial charge in [-0.1, -0.05) is 0 Å². The molecule has 2 atom stereocenters. The summed E-state index contributed by atoms with van der Waals surface area (Å²) < 4.78 is 6.69. The van der Waals surface area contributed by atoms with Crippen LogP contribution in [-0.2, 0) is 10.3 Å². The minimum absolute atomic E-state index is 0.297.